The van der Waals surface area contributed by atoms with E-state index in [1.807, 2.05) is 13.0 Å². The van der Waals surface area contributed by atoms with E-state index >= 15 is 0 Å². The summed E-state index contributed by atoms with van der Waals surface area (Å²) in [6, 6.07) is 5.20. The first-order valence-electron chi connectivity index (χ1n) is 4.58. The summed E-state index contributed by atoms with van der Waals surface area (Å²) < 4.78 is 0. The average Bonchev–Trinajstić information content (AvgIpc) is 2.14. The Morgan fingerprint density at radius 3 is 2.53 bits per heavy atom. The molecule has 15 heavy (non-hydrogen) atoms. The highest BCUT2D eigenvalue weighted by Crippen LogP contribution is 2.19. The minimum Gasteiger partial charge on any atom is -0.370 e. The second kappa shape index (κ2) is 4.94. The molecule has 0 bridgehead atoms. The number of ketones is 1. The van der Waals surface area contributed by atoms with Crippen molar-refractivity contribution in [2.45, 2.75) is 19.8 Å². The molecule has 0 fully saturated rings. The van der Waals surface area contributed by atoms with E-state index in [2.05, 4.69) is 0 Å². The van der Waals surface area contributed by atoms with Crippen LogP contribution in [0.2, 0.25) is 5.02 Å². The molecular weight excluding hydrogens is 214 g/mol. The van der Waals surface area contributed by atoms with Crippen molar-refractivity contribution in [3.05, 3.63) is 34.3 Å². The van der Waals surface area contributed by atoms with E-state index in [4.69, 9.17) is 17.3 Å². The van der Waals surface area contributed by atoms with Gasteiger partial charge in [0.15, 0.2) is 5.78 Å². The molecule has 0 spiro atoms. The molecule has 0 aromatic heterocycles. The third kappa shape index (κ3) is 3.36. The smallest absolute Gasteiger partial charge is 0.217 e. The number of primary amides is 1. The topological polar surface area (TPSA) is 60.2 Å². The van der Waals surface area contributed by atoms with Gasteiger partial charge in [-0.05, 0) is 24.6 Å². The molecule has 0 unspecified atom stereocenters. The van der Waals surface area contributed by atoms with Crippen LogP contribution in [-0.4, -0.2) is 11.7 Å². The number of hydrogen-bond acceptors (Lipinski definition) is 2. The van der Waals surface area contributed by atoms with Crippen LogP contribution < -0.4 is 5.73 Å². The number of carbonyl (C=O) groups excluding carboxylic acids is 2. The number of rotatable bonds is 4. The Morgan fingerprint density at radius 2 is 2.00 bits per heavy atom. The van der Waals surface area contributed by atoms with Gasteiger partial charge in [0.2, 0.25) is 5.91 Å². The van der Waals surface area contributed by atoms with Crippen LogP contribution in [0.4, 0.5) is 0 Å². The van der Waals surface area contributed by atoms with E-state index in [9.17, 15) is 9.59 Å². The van der Waals surface area contributed by atoms with Gasteiger partial charge in [0.1, 0.15) is 0 Å². The van der Waals surface area contributed by atoms with Crippen molar-refractivity contribution < 1.29 is 9.59 Å². The van der Waals surface area contributed by atoms with Crippen LogP contribution in [0, 0.1) is 6.92 Å². The predicted molar refractivity (Wildman–Crippen MR) is 58.9 cm³/mol. The van der Waals surface area contributed by atoms with Crippen molar-refractivity contribution in [2.75, 3.05) is 0 Å². The van der Waals surface area contributed by atoms with E-state index in [0.717, 1.165) is 5.56 Å². The molecule has 0 aliphatic heterocycles. The Balaban J connectivity index is 2.78. The molecule has 3 nitrogen and oxygen atoms in total. The van der Waals surface area contributed by atoms with Gasteiger partial charge < -0.3 is 5.73 Å². The number of aryl methyl sites for hydroxylation is 1. The fraction of sp³-hybridized carbons (Fsp3) is 0.273. The summed E-state index contributed by atoms with van der Waals surface area (Å²) >= 11 is 5.90. The fourth-order valence-corrected chi connectivity index (χ4v) is 1.56. The zero-order chi connectivity index (χ0) is 11.4. The maximum atomic E-state index is 11.6. The standard InChI is InChI=1S/C11H12ClNO2/c1-7-2-3-8(9(12)6-7)10(14)4-5-11(13)15/h2-3,6H,4-5H2,1H3,(H2,13,15). The molecule has 2 N–H and O–H groups in total. The first-order chi connectivity index (χ1) is 7.00. The zero-order valence-corrected chi connectivity index (χ0v) is 9.17. The summed E-state index contributed by atoms with van der Waals surface area (Å²) in [4.78, 5) is 22.1. The number of amides is 1. The quantitative estimate of drug-likeness (QED) is 0.798. The molecule has 1 aromatic rings. The number of halogens is 1. The van der Waals surface area contributed by atoms with E-state index in [-0.39, 0.29) is 18.6 Å². The Morgan fingerprint density at radius 1 is 1.33 bits per heavy atom. The summed E-state index contributed by atoms with van der Waals surface area (Å²) in [6.45, 7) is 1.89. The van der Waals surface area contributed by atoms with E-state index in [1.54, 1.807) is 12.1 Å². The molecule has 0 saturated carbocycles. The van der Waals surface area contributed by atoms with Crippen molar-refractivity contribution in [1.29, 1.82) is 0 Å². The van der Waals surface area contributed by atoms with Gasteiger partial charge in [-0.1, -0.05) is 17.7 Å². The van der Waals surface area contributed by atoms with Gasteiger partial charge in [0, 0.05) is 18.4 Å². The second-order valence-electron chi connectivity index (χ2n) is 3.37. The van der Waals surface area contributed by atoms with Crippen LogP contribution in [0.1, 0.15) is 28.8 Å². The minimum atomic E-state index is -0.480. The molecule has 0 aliphatic rings. The van der Waals surface area contributed by atoms with Crippen LogP contribution in [0.5, 0.6) is 0 Å². The first-order valence-corrected chi connectivity index (χ1v) is 4.96. The minimum absolute atomic E-state index is 0.0586. The molecule has 1 aromatic carbocycles. The summed E-state index contributed by atoms with van der Waals surface area (Å²) in [6.07, 6.45) is 0.168. The van der Waals surface area contributed by atoms with Gasteiger partial charge in [0.05, 0.1) is 5.02 Å². The number of carbonyl (C=O) groups is 2. The SMILES string of the molecule is Cc1ccc(C(=O)CCC(N)=O)c(Cl)c1. The summed E-state index contributed by atoms with van der Waals surface area (Å²) in [5, 5.41) is 0.421. The Labute approximate surface area is 93.2 Å². The first kappa shape index (κ1) is 11.7. The van der Waals surface area contributed by atoms with Crippen molar-refractivity contribution in [1.82, 2.24) is 0 Å². The molecule has 1 amide bonds. The van der Waals surface area contributed by atoms with E-state index in [1.165, 1.54) is 0 Å². The average molecular weight is 226 g/mol. The molecule has 80 valence electrons. The van der Waals surface area contributed by atoms with E-state index < -0.39 is 5.91 Å². The normalized spacial score (nSPS) is 10.0. The molecule has 0 radical (unpaired) electrons. The largest absolute Gasteiger partial charge is 0.370 e. The number of benzene rings is 1. The number of nitrogens with two attached hydrogens (primary N) is 1. The third-order valence-electron chi connectivity index (χ3n) is 2.02. The zero-order valence-electron chi connectivity index (χ0n) is 8.42. The Bertz CT molecular complexity index is 402. The Kier molecular flexibility index (Phi) is 3.86. The van der Waals surface area contributed by atoms with E-state index in [0.29, 0.717) is 10.6 Å². The molecule has 4 heteroatoms. The van der Waals surface area contributed by atoms with Crippen molar-refractivity contribution in [3.8, 4) is 0 Å². The fourth-order valence-electron chi connectivity index (χ4n) is 1.22. The van der Waals surface area contributed by atoms with Crippen LogP contribution >= 0.6 is 11.6 Å². The Hall–Kier alpha value is -1.35. The molecule has 0 saturated heterocycles. The van der Waals surface area contributed by atoms with Gasteiger partial charge in [-0.15, -0.1) is 0 Å². The van der Waals surface area contributed by atoms with Gasteiger partial charge in [0.25, 0.3) is 0 Å². The summed E-state index contributed by atoms with van der Waals surface area (Å²) in [5.74, 6) is -0.634. The van der Waals surface area contributed by atoms with Gasteiger partial charge in [-0.25, -0.2) is 0 Å². The van der Waals surface area contributed by atoms with Gasteiger partial charge in [-0.3, -0.25) is 9.59 Å². The number of hydrogen-bond donors (Lipinski definition) is 1. The van der Waals surface area contributed by atoms with Crippen molar-refractivity contribution in [2.24, 2.45) is 5.73 Å². The second-order valence-corrected chi connectivity index (χ2v) is 3.78. The lowest BCUT2D eigenvalue weighted by Gasteiger charge is -2.03. The van der Waals surface area contributed by atoms with Crippen LogP contribution in [0.25, 0.3) is 0 Å². The lowest BCUT2D eigenvalue weighted by Crippen LogP contribution is -2.12. The highest BCUT2D eigenvalue weighted by Gasteiger charge is 2.11. The van der Waals surface area contributed by atoms with Gasteiger partial charge >= 0.3 is 0 Å². The third-order valence-corrected chi connectivity index (χ3v) is 2.34. The monoisotopic (exact) mass is 225 g/mol. The lowest BCUT2D eigenvalue weighted by molar-refractivity contribution is -0.118. The summed E-state index contributed by atoms with van der Waals surface area (Å²) in [5.41, 5.74) is 6.40. The maximum Gasteiger partial charge on any atom is 0.217 e. The van der Waals surface area contributed by atoms with Crippen LogP contribution in [0.3, 0.4) is 0 Å². The molecule has 0 aliphatic carbocycles. The lowest BCUT2D eigenvalue weighted by atomic mass is 10.0. The summed E-state index contributed by atoms with van der Waals surface area (Å²) in [7, 11) is 0. The number of Topliss-reactive ketones (excluding diaryl/α,β-unsaturated/α-hetero) is 1. The predicted octanol–water partition coefficient (Wildman–Crippen LogP) is 2.10. The highest BCUT2D eigenvalue weighted by atomic mass is 35.5. The van der Waals surface area contributed by atoms with Crippen molar-refractivity contribution >= 4 is 23.3 Å². The maximum absolute atomic E-state index is 11.6. The molecule has 0 heterocycles. The van der Waals surface area contributed by atoms with Crippen LogP contribution in [0.15, 0.2) is 18.2 Å². The van der Waals surface area contributed by atoms with Gasteiger partial charge in [-0.2, -0.15) is 0 Å². The van der Waals surface area contributed by atoms with Crippen LogP contribution in [-0.2, 0) is 4.79 Å². The van der Waals surface area contributed by atoms with Crippen molar-refractivity contribution in [3.63, 3.8) is 0 Å². The molecule has 1 rings (SSSR count). The molecule has 0 atom stereocenters. The highest BCUT2D eigenvalue weighted by molar-refractivity contribution is 6.34. The molecular formula is C11H12ClNO2.